The average molecular weight is 141 g/mol. The summed E-state index contributed by atoms with van der Waals surface area (Å²) in [6.45, 7) is 7.47. The van der Waals surface area contributed by atoms with Gasteiger partial charge in [0.1, 0.15) is 0 Å². The molecule has 1 radical (unpaired) electrons. The molecule has 0 bridgehead atoms. The van der Waals surface area contributed by atoms with Crippen molar-refractivity contribution in [1.82, 2.24) is 10.9 Å². The normalized spacial score (nSPS) is 9.70. The van der Waals surface area contributed by atoms with Crippen LogP contribution in [-0.2, 0) is 0 Å². The van der Waals surface area contributed by atoms with E-state index in [4.69, 9.17) is 0 Å². The minimum absolute atomic E-state index is 0.714. The van der Waals surface area contributed by atoms with Crippen molar-refractivity contribution in [2.24, 2.45) is 0 Å². The lowest BCUT2D eigenvalue weighted by molar-refractivity contribution is 0.527. The van der Waals surface area contributed by atoms with E-state index in [-0.39, 0.29) is 0 Å². The molecule has 0 saturated heterocycles. The molecule has 0 aromatic rings. The van der Waals surface area contributed by atoms with Crippen LogP contribution in [0.15, 0.2) is 12.7 Å². The Bertz CT molecular complexity index is 71.7. The van der Waals surface area contributed by atoms with Gasteiger partial charge in [-0.2, -0.15) is 5.43 Å². The van der Waals surface area contributed by atoms with Crippen molar-refractivity contribution < 1.29 is 0 Å². The van der Waals surface area contributed by atoms with E-state index in [9.17, 15) is 0 Å². The summed E-state index contributed by atoms with van der Waals surface area (Å²) in [7, 11) is 0. The lowest BCUT2D eigenvalue weighted by Gasteiger charge is -1.99. The van der Waals surface area contributed by atoms with Crippen LogP contribution in [0.4, 0.5) is 0 Å². The van der Waals surface area contributed by atoms with Gasteiger partial charge in [-0.3, -0.25) is 0 Å². The van der Waals surface area contributed by atoms with Crippen molar-refractivity contribution in [2.75, 3.05) is 13.1 Å². The zero-order chi connectivity index (χ0) is 7.66. The van der Waals surface area contributed by atoms with Crippen LogP contribution in [0.3, 0.4) is 0 Å². The first-order chi connectivity index (χ1) is 4.91. The van der Waals surface area contributed by atoms with Gasteiger partial charge in [0, 0.05) is 13.1 Å². The van der Waals surface area contributed by atoms with Gasteiger partial charge in [0.05, 0.1) is 0 Å². The Balaban J connectivity index is 2.70. The topological polar surface area (TPSA) is 26.1 Å². The number of nitrogens with one attached hydrogen (secondary N) is 1. The highest BCUT2D eigenvalue weighted by Crippen LogP contribution is 1.89. The van der Waals surface area contributed by atoms with E-state index in [1.807, 2.05) is 0 Å². The molecule has 1 N–H and O–H groups in total. The highest BCUT2D eigenvalue weighted by atomic mass is 15.3. The Morgan fingerprint density at radius 1 is 1.50 bits per heavy atom. The molecule has 2 nitrogen and oxygen atoms in total. The Hall–Kier alpha value is -0.340. The molecule has 0 rings (SSSR count). The standard InChI is InChI=1S/C8H17N2/c1-3-5-6-8-10-9-7-4-2/h4,10H,2-3,5-8H2,1H3. The van der Waals surface area contributed by atoms with Crippen LogP contribution in [0.1, 0.15) is 26.2 Å². The average Bonchev–Trinajstić information content (AvgIpc) is 1.97. The van der Waals surface area contributed by atoms with Crippen LogP contribution in [-0.4, -0.2) is 13.1 Å². The first-order valence-electron chi connectivity index (χ1n) is 3.92. The predicted octanol–water partition coefficient (Wildman–Crippen LogP) is 1.47. The van der Waals surface area contributed by atoms with Crippen LogP contribution in [0.2, 0.25) is 0 Å². The highest BCUT2D eigenvalue weighted by molar-refractivity contribution is 4.67. The van der Waals surface area contributed by atoms with Crippen LogP contribution in [0.5, 0.6) is 0 Å². The fourth-order valence-corrected chi connectivity index (χ4v) is 0.662. The summed E-state index contributed by atoms with van der Waals surface area (Å²) < 4.78 is 0. The highest BCUT2D eigenvalue weighted by Gasteiger charge is 1.84. The number of hydrogen-bond donors (Lipinski definition) is 1. The molecule has 0 aromatic carbocycles. The van der Waals surface area contributed by atoms with E-state index in [0.29, 0.717) is 6.54 Å². The Morgan fingerprint density at radius 3 is 2.90 bits per heavy atom. The Morgan fingerprint density at radius 2 is 2.30 bits per heavy atom. The van der Waals surface area contributed by atoms with Gasteiger partial charge >= 0.3 is 0 Å². The maximum atomic E-state index is 3.99. The van der Waals surface area contributed by atoms with Crippen LogP contribution in [0.25, 0.3) is 0 Å². The Kier molecular flexibility index (Phi) is 8.37. The molecule has 0 fully saturated rings. The second-order valence-corrected chi connectivity index (χ2v) is 2.24. The van der Waals surface area contributed by atoms with E-state index in [0.717, 1.165) is 6.54 Å². The molecular formula is C8H17N2. The third kappa shape index (κ3) is 7.66. The van der Waals surface area contributed by atoms with Gasteiger partial charge < -0.3 is 0 Å². The molecule has 0 amide bonds. The van der Waals surface area contributed by atoms with E-state index in [1.165, 1.54) is 19.3 Å². The molecule has 0 aliphatic rings. The fourth-order valence-electron chi connectivity index (χ4n) is 0.662. The van der Waals surface area contributed by atoms with Gasteiger partial charge in [0.25, 0.3) is 0 Å². The van der Waals surface area contributed by atoms with Crippen LogP contribution < -0.4 is 10.9 Å². The minimum atomic E-state index is 0.714. The van der Waals surface area contributed by atoms with Crippen molar-refractivity contribution in [2.45, 2.75) is 26.2 Å². The zero-order valence-electron chi connectivity index (χ0n) is 6.77. The van der Waals surface area contributed by atoms with Gasteiger partial charge in [-0.1, -0.05) is 25.8 Å². The summed E-state index contributed by atoms with van der Waals surface area (Å²) in [6, 6.07) is 0. The Labute approximate surface area is 63.7 Å². The largest absolute Gasteiger partial charge is 0.240 e. The zero-order valence-corrected chi connectivity index (χ0v) is 6.77. The minimum Gasteiger partial charge on any atom is -0.240 e. The molecule has 10 heavy (non-hydrogen) atoms. The molecule has 0 aliphatic heterocycles. The van der Waals surface area contributed by atoms with Crippen LogP contribution in [0, 0.1) is 0 Å². The SMILES string of the molecule is C=CC[N]NCCCCC. The molecule has 0 aromatic heterocycles. The second-order valence-electron chi connectivity index (χ2n) is 2.24. The molecule has 0 spiro atoms. The molecule has 59 valence electrons. The van der Waals surface area contributed by atoms with E-state index in [2.05, 4.69) is 24.4 Å². The van der Waals surface area contributed by atoms with Gasteiger partial charge in [-0.05, 0) is 6.42 Å². The van der Waals surface area contributed by atoms with E-state index >= 15 is 0 Å². The molecule has 0 aliphatic carbocycles. The van der Waals surface area contributed by atoms with Crippen molar-refractivity contribution in [3.05, 3.63) is 12.7 Å². The summed E-state index contributed by atoms with van der Waals surface area (Å²) in [5, 5.41) is 0. The quantitative estimate of drug-likeness (QED) is 0.324. The van der Waals surface area contributed by atoms with Gasteiger partial charge in [-0.15, -0.1) is 6.58 Å². The lowest BCUT2D eigenvalue weighted by atomic mass is 10.2. The maximum absolute atomic E-state index is 3.99. The number of hydrogen-bond acceptors (Lipinski definition) is 1. The van der Waals surface area contributed by atoms with Gasteiger partial charge in [-0.25, -0.2) is 5.43 Å². The first-order valence-corrected chi connectivity index (χ1v) is 3.92. The predicted molar refractivity (Wildman–Crippen MR) is 44.7 cm³/mol. The molecule has 0 heterocycles. The second kappa shape index (κ2) is 8.66. The lowest BCUT2D eigenvalue weighted by Crippen LogP contribution is -2.25. The first kappa shape index (κ1) is 9.66. The molecule has 0 unspecified atom stereocenters. The summed E-state index contributed by atoms with van der Waals surface area (Å²) in [5.74, 6) is 0. The fraction of sp³-hybridized carbons (Fsp3) is 0.750. The van der Waals surface area contributed by atoms with Gasteiger partial charge in [0.2, 0.25) is 0 Å². The molecule has 0 atom stereocenters. The van der Waals surface area contributed by atoms with Crippen molar-refractivity contribution in [3.63, 3.8) is 0 Å². The van der Waals surface area contributed by atoms with E-state index < -0.39 is 0 Å². The molecular weight excluding hydrogens is 124 g/mol. The third-order valence-corrected chi connectivity index (χ3v) is 1.22. The summed E-state index contributed by atoms with van der Waals surface area (Å²) in [4.78, 5) is 0. The maximum Gasteiger partial charge on any atom is 0.0482 e. The van der Waals surface area contributed by atoms with Crippen molar-refractivity contribution in [1.29, 1.82) is 0 Å². The molecule has 2 heteroatoms. The van der Waals surface area contributed by atoms with E-state index in [1.54, 1.807) is 6.08 Å². The van der Waals surface area contributed by atoms with Crippen molar-refractivity contribution in [3.8, 4) is 0 Å². The van der Waals surface area contributed by atoms with Crippen LogP contribution >= 0.6 is 0 Å². The molecule has 0 saturated carbocycles. The number of unbranched alkanes of at least 4 members (excludes halogenated alkanes) is 2. The third-order valence-electron chi connectivity index (χ3n) is 1.22. The number of nitrogens with zero attached hydrogens (tertiary/aromatic N) is 1. The monoisotopic (exact) mass is 141 g/mol. The summed E-state index contributed by atoms with van der Waals surface area (Å²) in [6.07, 6.45) is 5.56. The smallest absolute Gasteiger partial charge is 0.0482 e. The number of rotatable bonds is 7. The van der Waals surface area contributed by atoms with Crippen molar-refractivity contribution >= 4 is 0 Å². The van der Waals surface area contributed by atoms with Gasteiger partial charge in [0.15, 0.2) is 0 Å². The summed E-state index contributed by atoms with van der Waals surface area (Å²) in [5.41, 5.74) is 6.97. The summed E-state index contributed by atoms with van der Waals surface area (Å²) >= 11 is 0.